The second kappa shape index (κ2) is 8.26. The molecule has 1 aromatic carbocycles. The number of benzene rings is 1. The Balaban J connectivity index is 1.37. The summed E-state index contributed by atoms with van der Waals surface area (Å²) in [6.45, 7) is -0.144. The minimum absolute atomic E-state index is 0.0363. The van der Waals surface area contributed by atoms with Crippen molar-refractivity contribution in [2.75, 3.05) is 26.2 Å². The Kier molecular flexibility index (Phi) is 5.54. The van der Waals surface area contributed by atoms with Crippen LogP contribution >= 0.6 is 11.3 Å². The number of ether oxygens (including phenoxy) is 1. The highest BCUT2D eigenvalue weighted by Crippen LogP contribution is 2.18. The van der Waals surface area contributed by atoms with E-state index >= 15 is 0 Å². The molecule has 3 aromatic rings. The lowest BCUT2D eigenvalue weighted by atomic mass is 10.1. The predicted octanol–water partition coefficient (Wildman–Crippen LogP) is 2.32. The van der Waals surface area contributed by atoms with Crippen molar-refractivity contribution in [3.63, 3.8) is 0 Å². The maximum atomic E-state index is 12.7. The Bertz CT molecular complexity index is 1080. The van der Waals surface area contributed by atoms with E-state index < -0.39 is 6.61 Å². The lowest BCUT2D eigenvalue weighted by molar-refractivity contribution is -0.0499. The van der Waals surface area contributed by atoms with Crippen molar-refractivity contribution in [1.29, 1.82) is 0 Å². The van der Waals surface area contributed by atoms with Gasteiger partial charge in [-0.3, -0.25) is 18.9 Å². The zero-order chi connectivity index (χ0) is 20.4. The summed E-state index contributed by atoms with van der Waals surface area (Å²) >= 11 is 1.41. The highest BCUT2D eigenvalue weighted by Gasteiger charge is 2.23. The van der Waals surface area contributed by atoms with Crippen LogP contribution in [-0.4, -0.2) is 57.9 Å². The molecule has 1 aliphatic heterocycles. The van der Waals surface area contributed by atoms with Gasteiger partial charge >= 0.3 is 6.61 Å². The Labute approximate surface area is 168 Å². The number of thiazole rings is 1. The molecular weight excluding hydrogens is 402 g/mol. The maximum Gasteiger partial charge on any atom is 0.387 e. The molecule has 1 aliphatic rings. The fraction of sp³-hybridized carbons (Fsp3) is 0.316. The van der Waals surface area contributed by atoms with Gasteiger partial charge in [0.05, 0.1) is 5.69 Å². The van der Waals surface area contributed by atoms with Gasteiger partial charge in [0.25, 0.3) is 11.5 Å². The van der Waals surface area contributed by atoms with E-state index in [1.54, 1.807) is 17.2 Å². The van der Waals surface area contributed by atoms with Crippen LogP contribution in [0.3, 0.4) is 0 Å². The van der Waals surface area contributed by atoms with Gasteiger partial charge in [0.15, 0.2) is 4.96 Å². The van der Waals surface area contributed by atoms with Crippen LogP contribution in [0.25, 0.3) is 4.96 Å². The summed E-state index contributed by atoms with van der Waals surface area (Å²) in [6.07, 6.45) is 1.70. The highest BCUT2D eigenvalue weighted by atomic mass is 32.1. The van der Waals surface area contributed by atoms with Crippen molar-refractivity contribution in [1.82, 2.24) is 19.2 Å². The molecule has 29 heavy (non-hydrogen) atoms. The molecule has 0 bridgehead atoms. The van der Waals surface area contributed by atoms with Gasteiger partial charge in [-0.15, -0.1) is 11.3 Å². The number of carbonyl (C=O) groups excluding carboxylic acids is 1. The van der Waals surface area contributed by atoms with Gasteiger partial charge < -0.3 is 9.64 Å². The third-order valence-corrected chi connectivity index (χ3v) is 5.46. The fourth-order valence-corrected chi connectivity index (χ4v) is 4.03. The predicted molar refractivity (Wildman–Crippen MR) is 104 cm³/mol. The third kappa shape index (κ3) is 4.43. The SMILES string of the molecule is O=C(c1cccc(OC(F)F)c1)N1CCN(Cc2cc(=O)n3ccsc3n2)CC1. The molecule has 1 fully saturated rings. The van der Waals surface area contributed by atoms with Crippen LogP contribution in [-0.2, 0) is 6.54 Å². The van der Waals surface area contributed by atoms with Gasteiger partial charge in [0.1, 0.15) is 5.75 Å². The number of aromatic nitrogens is 2. The summed E-state index contributed by atoms with van der Waals surface area (Å²) in [5, 5.41) is 1.82. The Hall–Kier alpha value is -2.85. The summed E-state index contributed by atoms with van der Waals surface area (Å²) in [7, 11) is 0. The van der Waals surface area contributed by atoms with Crippen LogP contribution in [0.2, 0.25) is 0 Å². The topological polar surface area (TPSA) is 67.2 Å². The summed E-state index contributed by atoms with van der Waals surface area (Å²) in [5.74, 6) is -0.258. The molecule has 1 amide bonds. The van der Waals surface area contributed by atoms with Crippen molar-refractivity contribution < 1.29 is 18.3 Å². The first-order valence-electron chi connectivity index (χ1n) is 9.02. The van der Waals surface area contributed by atoms with Crippen LogP contribution in [0.1, 0.15) is 16.1 Å². The Morgan fingerprint density at radius 2 is 2.00 bits per heavy atom. The van der Waals surface area contributed by atoms with E-state index in [1.807, 2.05) is 5.38 Å². The maximum absolute atomic E-state index is 12.7. The van der Waals surface area contributed by atoms with E-state index in [9.17, 15) is 18.4 Å². The average molecular weight is 420 g/mol. The molecule has 0 spiro atoms. The molecule has 0 radical (unpaired) electrons. The van der Waals surface area contributed by atoms with Crippen LogP contribution in [0.5, 0.6) is 5.75 Å². The van der Waals surface area contributed by atoms with Gasteiger partial charge in [-0.25, -0.2) is 4.98 Å². The monoisotopic (exact) mass is 420 g/mol. The molecule has 0 unspecified atom stereocenters. The number of fused-ring (bicyclic) bond motifs is 1. The standard InChI is InChI=1S/C19H18F2N4O3S/c20-18(21)28-15-3-1-2-13(10-15)17(27)24-6-4-23(5-7-24)12-14-11-16(26)25-8-9-29-19(25)22-14/h1-3,8-11,18H,4-7,12H2. The number of hydrogen-bond acceptors (Lipinski definition) is 6. The highest BCUT2D eigenvalue weighted by molar-refractivity contribution is 7.15. The smallest absolute Gasteiger partial charge is 0.387 e. The molecule has 2 aromatic heterocycles. The number of halogens is 2. The minimum Gasteiger partial charge on any atom is -0.435 e. The van der Waals surface area contributed by atoms with Gasteiger partial charge in [-0.1, -0.05) is 6.07 Å². The first kappa shape index (κ1) is 19.5. The average Bonchev–Trinajstić information content (AvgIpc) is 3.17. The van der Waals surface area contributed by atoms with E-state index in [4.69, 9.17) is 0 Å². The molecule has 0 N–H and O–H groups in total. The first-order chi connectivity index (χ1) is 14.0. The molecule has 10 heteroatoms. The second-order valence-electron chi connectivity index (χ2n) is 6.62. The van der Waals surface area contributed by atoms with Crippen LogP contribution < -0.4 is 10.3 Å². The van der Waals surface area contributed by atoms with Crippen molar-refractivity contribution in [2.24, 2.45) is 0 Å². The quantitative estimate of drug-likeness (QED) is 0.634. The van der Waals surface area contributed by atoms with Crippen LogP contribution in [0.4, 0.5) is 8.78 Å². The van der Waals surface area contributed by atoms with E-state index in [0.29, 0.717) is 48.9 Å². The number of nitrogens with zero attached hydrogens (tertiary/aromatic N) is 4. The summed E-state index contributed by atoms with van der Waals surface area (Å²) in [5.41, 5.74) is 0.912. The summed E-state index contributed by atoms with van der Waals surface area (Å²) < 4.78 is 30.6. The number of rotatable bonds is 5. The molecule has 0 aliphatic carbocycles. The van der Waals surface area contributed by atoms with E-state index in [2.05, 4.69) is 14.6 Å². The van der Waals surface area contributed by atoms with Gasteiger partial charge in [0.2, 0.25) is 0 Å². The normalized spacial score (nSPS) is 15.2. The molecule has 1 saturated heterocycles. The number of amides is 1. The molecule has 152 valence electrons. The number of carbonyl (C=O) groups is 1. The lowest BCUT2D eigenvalue weighted by Crippen LogP contribution is -2.48. The van der Waals surface area contributed by atoms with E-state index in [1.165, 1.54) is 40.0 Å². The van der Waals surface area contributed by atoms with Crippen molar-refractivity contribution in [3.05, 3.63) is 63.5 Å². The molecule has 0 atom stereocenters. The van der Waals surface area contributed by atoms with E-state index in [0.717, 1.165) is 0 Å². The summed E-state index contributed by atoms with van der Waals surface area (Å²) in [6, 6.07) is 7.36. The molecule has 4 rings (SSSR count). The van der Waals surface area contributed by atoms with Crippen molar-refractivity contribution in [2.45, 2.75) is 13.2 Å². The largest absolute Gasteiger partial charge is 0.435 e. The molecule has 3 heterocycles. The Morgan fingerprint density at radius 1 is 1.21 bits per heavy atom. The first-order valence-corrected chi connectivity index (χ1v) is 9.90. The van der Waals surface area contributed by atoms with Crippen molar-refractivity contribution >= 4 is 22.2 Å². The third-order valence-electron chi connectivity index (χ3n) is 4.71. The van der Waals surface area contributed by atoms with Crippen LogP contribution in [0.15, 0.2) is 46.7 Å². The van der Waals surface area contributed by atoms with Crippen molar-refractivity contribution in [3.8, 4) is 5.75 Å². The number of alkyl halides is 2. The van der Waals surface area contributed by atoms with E-state index in [-0.39, 0.29) is 17.2 Å². The second-order valence-corrected chi connectivity index (χ2v) is 7.49. The number of hydrogen-bond donors (Lipinski definition) is 0. The number of piperazine rings is 1. The van der Waals surface area contributed by atoms with Gasteiger partial charge in [-0.2, -0.15) is 8.78 Å². The summed E-state index contributed by atoms with van der Waals surface area (Å²) in [4.78, 5) is 33.8. The minimum atomic E-state index is -2.93. The lowest BCUT2D eigenvalue weighted by Gasteiger charge is -2.34. The fourth-order valence-electron chi connectivity index (χ4n) is 3.29. The van der Waals surface area contributed by atoms with Crippen LogP contribution in [0, 0.1) is 0 Å². The Morgan fingerprint density at radius 3 is 2.76 bits per heavy atom. The molecule has 7 nitrogen and oxygen atoms in total. The van der Waals surface area contributed by atoms with Gasteiger partial charge in [0, 0.05) is 55.9 Å². The van der Waals surface area contributed by atoms with Gasteiger partial charge in [-0.05, 0) is 18.2 Å². The zero-order valence-corrected chi connectivity index (χ0v) is 16.1. The zero-order valence-electron chi connectivity index (χ0n) is 15.3. The molecule has 0 saturated carbocycles. The molecular formula is C19H18F2N4O3S.